The molecule has 3 heteroatoms. The SMILES string of the molecule is [SnH4].c1ccc2ocnc2c1. The molecule has 0 aliphatic heterocycles. The molecule has 0 aliphatic carbocycles. The Hall–Kier alpha value is -0.511. The first-order valence-electron chi connectivity index (χ1n) is 2.75. The number of fused-ring (bicyclic) bond motifs is 1. The molecule has 0 amide bonds. The summed E-state index contributed by atoms with van der Waals surface area (Å²) >= 11 is 0. The van der Waals surface area contributed by atoms with Gasteiger partial charge < -0.3 is 4.42 Å². The third kappa shape index (κ3) is 1.16. The van der Waals surface area contributed by atoms with Gasteiger partial charge in [0.05, 0.1) is 0 Å². The van der Waals surface area contributed by atoms with Crippen LogP contribution in [0, 0.1) is 0 Å². The standard InChI is InChI=1S/C7H5NO.Sn.4H/c1-2-4-7-6(3-1)8-5-9-7;;;;;/h1-5H;;;;;. The van der Waals surface area contributed by atoms with Crippen molar-refractivity contribution < 1.29 is 4.42 Å². The maximum atomic E-state index is 5.01. The summed E-state index contributed by atoms with van der Waals surface area (Å²) in [5, 5.41) is 0. The van der Waals surface area contributed by atoms with Gasteiger partial charge in [0.25, 0.3) is 0 Å². The third-order valence-corrected chi connectivity index (χ3v) is 1.24. The summed E-state index contributed by atoms with van der Waals surface area (Å²) in [5.74, 6) is 0. The average Bonchev–Trinajstić information content (AvgIpc) is 2.33. The molecule has 2 nitrogen and oxygen atoms in total. The number of rotatable bonds is 0. The van der Waals surface area contributed by atoms with Gasteiger partial charge in [-0.25, -0.2) is 4.98 Å². The van der Waals surface area contributed by atoms with E-state index in [4.69, 9.17) is 4.42 Å². The van der Waals surface area contributed by atoms with Gasteiger partial charge in [-0.05, 0) is 12.1 Å². The zero-order valence-corrected chi connectivity index (χ0v) is 4.74. The second kappa shape index (κ2) is 3.05. The molecule has 0 fully saturated rings. The Bertz CT molecular complexity index is 288. The minimum Gasteiger partial charge on any atom is -0.443 e. The predicted octanol–water partition coefficient (Wildman–Crippen LogP) is 0.376. The molecule has 0 unspecified atom stereocenters. The van der Waals surface area contributed by atoms with Crippen molar-refractivity contribution in [2.24, 2.45) is 0 Å². The number of benzene rings is 1. The minimum atomic E-state index is 0. The van der Waals surface area contributed by atoms with Crippen LogP contribution in [0.2, 0.25) is 0 Å². The maximum absolute atomic E-state index is 5.01. The van der Waals surface area contributed by atoms with Crippen molar-refractivity contribution in [3.8, 4) is 0 Å². The van der Waals surface area contributed by atoms with E-state index in [0.29, 0.717) is 0 Å². The number of para-hydroxylation sites is 2. The van der Waals surface area contributed by atoms with Crippen LogP contribution in [0.1, 0.15) is 0 Å². The summed E-state index contributed by atoms with van der Waals surface area (Å²) in [6.45, 7) is 0. The van der Waals surface area contributed by atoms with Crippen molar-refractivity contribution in [3.63, 3.8) is 0 Å². The molecule has 0 bridgehead atoms. The number of nitrogens with zero attached hydrogens (tertiary/aromatic N) is 1. The van der Waals surface area contributed by atoms with Crippen molar-refractivity contribution in [1.82, 2.24) is 4.98 Å². The first-order valence-corrected chi connectivity index (χ1v) is 2.75. The molecule has 52 valence electrons. The van der Waals surface area contributed by atoms with Crippen molar-refractivity contribution >= 4 is 35.0 Å². The summed E-state index contributed by atoms with van der Waals surface area (Å²) in [7, 11) is 0. The first-order chi connectivity index (χ1) is 4.47. The van der Waals surface area contributed by atoms with Crippen LogP contribution in [0.15, 0.2) is 35.1 Å². The molecule has 2 aromatic rings. The van der Waals surface area contributed by atoms with E-state index in [9.17, 15) is 0 Å². The van der Waals surface area contributed by atoms with Crippen molar-refractivity contribution in [1.29, 1.82) is 0 Å². The topological polar surface area (TPSA) is 26.0 Å². The van der Waals surface area contributed by atoms with Crippen molar-refractivity contribution in [2.75, 3.05) is 0 Å². The Labute approximate surface area is 75.2 Å². The van der Waals surface area contributed by atoms with Crippen LogP contribution >= 0.6 is 0 Å². The fourth-order valence-electron chi connectivity index (χ4n) is 0.803. The largest absolute Gasteiger partial charge is 0.443 e. The van der Waals surface area contributed by atoms with Crippen LogP contribution in [-0.2, 0) is 0 Å². The summed E-state index contributed by atoms with van der Waals surface area (Å²) in [6, 6.07) is 7.67. The summed E-state index contributed by atoms with van der Waals surface area (Å²) in [5.41, 5.74) is 1.76. The fourth-order valence-corrected chi connectivity index (χ4v) is 0.803. The second-order valence-electron chi connectivity index (χ2n) is 1.82. The molecule has 10 heavy (non-hydrogen) atoms. The van der Waals surface area contributed by atoms with Crippen LogP contribution in [-0.4, -0.2) is 28.9 Å². The van der Waals surface area contributed by atoms with Crippen molar-refractivity contribution in [2.45, 2.75) is 0 Å². The summed E-state index contributed by atoms with van der Waals surface area (Å²) in [4.78, 5) is 3.95. The van der Waals surface area contributed by atoms with Crippen LogP contribution in [0.4, 0.5) is 0 Å². The van der Waals surface area contributed by atoms with Gasteiger partial charge in [0, 0.05) is 0 Å². The molecule has 1 heterocycles. The van der Waals surface area contributed by atoms with Gasteiger partial charge in [-0.1, -0.05) is 12.1 Å². The zero-order valence-electron chi connectivity index (χ0n) is 4.74. The zero-order chi connectivity index (χ0) is 6.10. The third-order valence-electron chi connectivity index (χ3n) is 1.24. The van der Waals surface area contributed by atoms with Crippen LogP contribution < -0.4 is 0 Å². The van der Waals surface area contributed by atoms with Crippen LogP contribution in [0.25, 0.3) is 11.1 Å². The monoisotopic (exact) mass is 243 g/mol. The Morgan fingerprint density at radius 1 is 1.20 bits per heavy atom. The molecule has 0 N–H and O–H groups in total. The van der Waals surface area contributed by atoms with Gasteiger partial charge in [-0.15, -0.1) is 0 Å². The smallest absolute Gasteiger partial charge is 0.181 e. The van der Waals surface area contributed by atoms with Crippen LogP contribution in [0.5, 0.6) is 0 Å². The van der Waals surface area contributed by atoms with E-state index < -0.39 is 0 Å². The van der Waals surface area contributed by atoms with E-state index in [2.05, 4.69) is 4.98 Å². The van der Waals surface area contributed by atoms with E-state index in [0.717, 1.165) is 11.1 Å². The Morgan fingerprint density at radius 3 is 2.80 bits per heavy atom. The molecule has 2 rings (SSSR count). The molecule has 0 radical (unpaired) electrons. The maximum Gasteiger partial charge on any atom is 0.181 e. The normalized spacial score (nSPS) is 9.20. The minimum absolute atomic E-state index is 0. The number of hydrogen-bond acceptors (Lipinski definition) is 2. The second-order valence-corrected chi connectivity index (χ2v) is 1.82. The molecular formula is C7H9NOSn. The summed E-state index contributed by atoms with van der Waals surface area (Å²) < 4.78 is 5.01. The predicted molar refractivity (Wildman–Crippen MR) is 45.3 cm³/mol. The average molecular weight is 242 g/mol. The molecule has 0 aliphatic rings. The van der Waals surface area contributed by atoms with E-state index in [1.807, 2.05) is 24.3 Å². The molecule has 0 saturated carbocycles. The molecular weight excluding hydrogens is 233 g/mol. The van der Waals surface area contributed by atoms with Crippen LogP contribution in [0.3, 0.4) is 0 Å². The van der Waals surface area contributed by atoms with E-state index in [1.165, 1.54) is 6.39 Å². The number of oxazole rings is 1. The van der Waals surface area contributed by atoms with Gasteiger partial charge >= 0.3 is 23.9 Å². The molecule has 0 saturated heterocycles. The quantitative estimate of drug-likeness (QED) is 0.624. The first kappa shape index (κ1) is 7.59. The van der Waals surface area contributed by atoms with Gasteiger partial charge in [0.15, 0.2) is 12.0 Å². The molecule has 0 spiro atoms. The summed E-state index contributed by atoms with van der Waals surface area (Å²) in [6.07, 6.45) is 1.45. The molecule has 0 atom stereocenters. The van der Waals surface area contributed by atoms with Gasteiger partial charge in [0.1, 0.15) is 5.52 Å². The molecule has 1 aromatic heterocycles. The van der Waals surface area contributed by atoms with E-state index in [1.54, 1.807) is 0 Å². The molecule has 1 aromatic carbocycles. The Morgan fingerprint density at radius 2 is 2.00 bits per heavy atom. The fraction of sp³-hybridized carbons (Fsp3) is 0. The van der Waals surface area contributed by atoms with Gasteiger partial charge in [-0.3, -0.25) is 0 Å². The number of hydrogen-bond donors (Lipinski definition) is 0. The van der Waals surface area contributed by atoms with Gasteiger partial charge in [0.2, 0.25) is 0 Å². The Kier molecular flexibility index (Phi) is 2.32. The van der Waals surface area contributed by atoms with E-state index in [-0.39, 0.29) is 23.9 Å². The van der Waals surface area contributed by atoms with Gasteiger partial charge in [-0.2, -0.15) is 0 Å². The number of aromatic nitrogens is 1. The van der Waals surface area contributed by atoms with E-state index >= 15 is 0 Å². The van der Waals surface area contributed by atoms with Crippen molar-refractivity contribution in [3.05, 3.63) is 30.7 Å². The Balaban J connectivity index is 0.000000500.